The van der Waals surface area contributed by atoms with Crippen molar-refractivity contribution < 1.29 is 4.79 Å². The van der Waals surface area contributed by atoms with Crippen LogP contribution in [0.3, 0.4) is 0 Å². The number of piperazine rings is 1. The second-order valence-corrected chi connectivity index (χ2v) is 7.29. The number of fused-ring (bicyclic) bond motifs is 1. The van der Waals surface area contributed by atoms with Crippen LogP contribution in [0.25, 0.3) is 10.9 Å². The SMILES string of the molecule is Cc1cccc(N2CCN(CC(=O)c3c[nH]c4ccccc34)C[C@H]2C)c1. The molecular weight excluding hydrogens is 322 g/mol. The van der Waals surface area contributed by atoms with Crippen LogP contribution in [0.15, 0.2) is 54.7 Å². The number of nitrogens with one attached hydrogen (secondary N) is 1. The van der Waals surface area contributed by atoms with Gasteiger partial charge in [0, 0.05) is 54.0 Å². The van der Waals surface area contributed by atoms with Crippen LogP contribution in [0, 0.1) is 6.92 Å². The van der Waals surface area contributed by atoms with Crippen LogP contribution >= 0.6 is 0 Å². The number of ketones is 1. The predicted octanol–water partition coefficient (Wildman–Crippen LogP) is 3.87. The molecule has 0 radical (unpaired) electrons. The maximum atomic E-state index is 12.8. The molecule has 4 heteroatoms. The summed E-state index contributed by atoms with van der Waals surface area (Å²) in [5, 5.41) is 1.02. The van der Waals surface area contributed by atoms with Gasteiger partial charge in [0.2, 0.25) is 0 Å². The molecule has 1 aliphatic heterocycles. The molecule has 2 heterocycles. The van der Waals surface area contributed by atoms with E-state index in [1.54, 1.807) is 0 Å². The Kier molecular flexibility index (Phi) is 4.51. The molecule has 0 unspecified atom stereocenters. The molecule has 1 saturated heterocycles. The maximum absolute atomic E-state index is 12.8. The monoisotopic (exact) mass is 347 g/mol. The molecule has 3 aromatic rings. The summed E-state index contributed by atoms with van der Waals surface area (Å²) in [4.78, 5) is 20.7. The highest BCUT2D eigenvalue weighted by molar-refractivity contribution is 6.08. The minimum absolute atomic E-state index is 0.193. The third-order valence-electron chi connectivity index (χ3n) is 5.30. The minimum Gasteiger partial charge on any atom is -0.366 e. The van der Waals surface area contributed by atoms with Gasteiger partial charge in [-0.25, -0.2) is 0 Å². The first-order chi connectivity index (χ1) is 12.6. The topological polar surface area (TPSA) is 39.3 Å². The molecule has 134 valence electrons. The van der Waals surface area contributed by atoms with Crippen molar-refractivity contribution in [2.24, 2.45) is 0 Å². The Morgan fingerprint density at radius 3 is 2.81 bits per heavy atom. The first kappa shape index (κ1) is 16.9. The summed E-state index contributed by atoms with van der Waals surface area (Å²) >= 11 is 0. The smallest absolute Gasteiger partial charge is 0.178 e. The summed E-state index contributed by atoms with van der Waals surface area (Å²) in [5.41, 5.74) is 4.38. The Balaban J connectivity index is 1.43. The molecule has 1 N–H and O–H groups in total. The van der Waals surface area contributed by atoms with Crippen LogP contribution in [0.1, 0.15) is 22.8 Å². The highest BCUT2D eigenvalue weighted by Gasteiger charge is 2.26. The van der Waals surface area contributed by atoms with Gasteiger partial charge in [-0.2, -0.15) is 0 Å². The molecule has 0 amide bonds. The van der Waals surface area contributed by atoms with Gasteiger partial charge < -0.3 is 9.88 Å². The second-order valence-electron chi connectivity index (χ2n) is 7.29. The molecule has 0 spiro atoms. The van der Waals surface area contributed by atoms with Crippen LogP contribution in [0.2, 0.25) is 0 Å². The zero-order valence-electron chi connectivity index (χ0n) is 15.4. The number of benzene rings is 2. The largest absolute Gasteiger partial charge is 0.366 e. The molecule has 26 heavy (non-hydrogen) atoms. The first-order valence-corrected chi connectivity index (χ1v) is 9.27. The van der Waals surface area contributed by atoms with E-state index in [9.17, 15) is 4.79 Å². The Labute approximate surface area is 154 Å². The van der Waals surface area contributed by atoms with Crippen LogP contribution in [-0.2, 0) is 0 Å². The van der Waals surface area contributed by atoms with Gasteiger partial charge in [-0.15, -0.1) is 0 Å². The van der Waals surface area contributed by atoms with E-state index in [1.807, 2.05) is 30.5 Å². The molecule has 0 bridgehead atoms. The third kappa shape index (κ3) is 3.25. The molecular formula is C22H25N3O. The Bertz CT molecular complexity index is 930. The Morgan fingerprint density at radius 2 is 2.00 bits per heavy atom. The van der Waals surface area contributed by atoms with Crippen molar-refractivity contribution in [3.63, 3.8) is 0 Å². The number of anilines is 1. The fraction of sp³-hybridized carbons (Fsp3) is 0.318. The van der Waals surface area contributed by atoms with Gasteiger partial charge in [0.15, 0.2) is 5.78 Å². The van der Waals surface area contributed by atoms with Crippen molar-refractivity contribution in [1.29, 1.82) is 0 Å². The fourth-order valence-electron chi connectivity index (χ4n) is 3.96. The number of aromatic nitrogens is 1. The molecule has 2 aromatic carbocycles. The van der Waals surface area contributed by atoms with E-state index in [0.29, 0.717) is 12.6 Å². The van der Waals surface area contributed by atoms with Crippen molar-refractivity contribution in [3.8, 4) is 0 Å². The van der Waals surface area contributed by atoms with Crippen LogP contribution < -0.4 is 4.90 Å². The fourth-order valence-corrected chi connectivity index (χ4v) is 3.96. The zero-order chi connectivity index (χ0) is 18.1. The summed E-state index contributed by atoms with van der Waals surface area (Å²) in [7, 11) is 0. The van der Waals surface area contributed by atoms with Crippen molar-refractivity contribution in [3.05, 3.63) is 65.9 Å². The molecule has 4 nitrogen and oxygen atoms in total. The normalized spacial score (nSPS) is 18.4. The highest BCUT2D eigenvalue weighted by atomic mass is 16.1. The molecule has 1 fully saturated rings. The van der Waals surface area contributed by atoms with E-state index in [0.717, 1.165) is 36.1 Å². The highest BCUT2D eigenvalue weighted by Crippen LogP contribution is 2.23. The minimum atomic E-state index is 0.193. The third-order valence-corrected chi connectivity index (χ3v) is 5.30. The summed E-state index contributed by atoms with van der Waals surface area (Å²) in [6, 6.07) is 17.0. The molecule has 1 aromatic heterocycles. The number of carbonyl (C=O) groups excluding carboxylic acids is 1. The number of nitrogens with zero attached hydrogens (tertiary/aromatic N) is 2. The average molecular weight is 347 g/mol. The van der Waals surface area contributed by atoms with Crippen molar-refractivity contribution in [2.75, 3.05) is 31.1 Å². The van der Waals surface area contributed by atoms with Gasteiger partial charge in [-0.05, 0) is 37.6 Å². The van der Waals surface area contributed by atoms with Gasteiger partial charge in [0.1, 0.15) is 0 Å². The number of hydrogen-bond donors (Lipinski definition) is 1. The van der Waals surface area contributed by atoms with E-state index in [1.165, 1.54) is 11.3 Å². The Morgan fingerprint density at radius 1 is 1.15 bits per heavy atom. The van der Waals surface area contributed by atoms with Crippen molar-refractivity contribution in [1.82, 2.24) is 9.88 Å². The number of hydrogen-bond acceptors (Lipinski definition) is 3. The number of aromatic amines is 1. The predicted molar refractivity (Wildman–Crippen MR) is 107 cm³/mol. The lowest BCUT2D eigenvalue weighted by atomic mass is 10.1. The van der Waals surface area contributed by atoms with Gasteiger partial charge >= 0.3 is 0 Å². The van der Waals surface area contributed by atoms with E-state index >= 15 is 0 Å². The zero-order valence-corrected chi connectivity index (χ0v) is 15.4. The molecule has 0 saturated carbocycles. The quantitative estimate of drug-likeness (QED) is 0.728. The van der Waals surface area contributed by atoms with Crippen molar-refractivity contribution >= 4 is 22.4 Å². The molecule has 1 atom stereocenters. The van der Waals surface area contributed by atoms with E-state index in [-0.39, 0.29) is 5.78 Å². The molecule has 0 aliphatic carbocycles. The number of carbonyl (C=O) groups is 1. The van der Waals surface area contributed by atoms with E-state index in [4.69, 9.17) is 0 Å². The lowest BCUT2D eigenvalue weighted by Gasteiger charge is -2.41. The number of rotatable bonds is 4. The van der Waals surface area contributed by atoms with Crippen LogP contribution in [-0.4, -0.2) is 47.9 Å². The number of para-hydroxylation sites is 1. The molecule has 1 aliphatic rings. The summed E-state index contributed by atoms with van der Waals surface area (Å²) in [6.45, 7) is 7.61. The summed E-state index contributed by atoms with van der Waals surface area (Å²) in [6.07, 6.45) is 1.85. The van der Waals surface area contributed by atoms with Gasteiger partial charge in [0.05, 0.1) is 6.54 Å². The van der Waals surface area contributed by atoms with Gasteiger partial charge in [-0.3, -0.25) is 9.69 Å². The average Bonchev–Trinajstić information content (AvgIpc) is 3.06. The standard InChI is InChI=1S/C22H25N3O/c1-16-6-5-7-18(12-16)25-11-10-24(14-17(25)2)15-22(26)20-13-23-21-9-4-3-8-19(20)21/h3-9,12-13,17,23H,10-11,14-15H2,1-2H3/t17-/m1/s1. The van der Waals surface area contributed by atoms with Crippen molar-refractivity contribution in [2.45, 2.75) is 19.9 Å². The number of H-pyrrole nitrogens is 1. The van der Waals surface area contributed by atoms with Gasteiger partial charge in [-0.1, -0.05) is 30.3 Å². The second kappa shape index (κ2) is 6.96. The molecule has 4 rings (SSSR count). The van der Waals surface area contributed by atoms with Crippen LogP contribution in [0.4, 0.5) is 5.69 Å². The summed E-state index contributed by atoms with van der Waals surface area (Å²) in [5.74, 6) is 0.193. The van der Waals surface area contributed by atoms with Crippen LogP contribution in [0.5, 0.6) is 0 Å². The van der Waals surface area contributed by atoms with E-state index in [2.05, 4.69) is 52.9 Å². The van der Waals surface area contributed by atoms with Gasteiger partial charge in [0.25, 0.3) is 0 Å². The van der Waals surface area contributed by atoms with E-state index < -0.39 is 0 Å². The maximum Gasteiger partial charge on any atom is 0.178 e. The number of aryl methyl sites for hydroxylation is 1. The summed E-state index contributed by atoms with van der Waals surface area (Å²) < 4.78 is 0. The first-order valence-electron chi connectivity index (χ1n) is 9.27. The number of Topliss-reactive ketones (excluding diaryl/α,β-unsaturated/α-hetero) is 1. The Hall–Kier alpha value is -2.59. The lowest BCUT2D eigenvalue weighted by Crippen LogP contribution is -2.53. The lowest BCUT2D eigenvalue weighted by molar-refractivity contribution is 0.0919.